The molecule has 3 heteroatoms. The van der Waals surface area contributed by atoms with Crippen LogP contribution in [0, 0.1) is 6.61 Å². The Balaban J connectivity index is 2.82. The summed E-state index contributed by atoms with van der Waals surface area (Å²) in [5.74, 6) is 0. The second-order valence-electron chi connectivity index (χ2n) is 1.07. The first-order valence-electron chi connectivity index (χ1n) is 2.09. The van der Waals surface area contributed by atoms with Crippen molar-refractivity contribution in [2.75, 3.05) is 6.26 Å². The highest BCUT2D eigenvalue weighted by Crippen LogP contribution is 1.88. The molecule has 0 aliphatic heterocycles. The lowest BCUT2D eigenvalue weighted by molar-refractivity contribution is 0.431. The SMILES string of the molecule is CC[CH]OS(C)=O. The van der Waals surface area contributed by atoms with Gasteiger partial charge in [-0.25, -0.2) is 4.21 Å². The fourth-order valence-electron chi connectivity index (χ4n) is 0.164. The molecule has 0 aromatic rings. The first kappa shape index (κ1) is 7.11. The van der Waals surface area contributed by atoms with E-state index in [-0.39, 0.29) is 0 Å². The first-order valence-corrected chi connectivity index (χ1v) is 3.58. The Labute approximate surface area is 46.5 Å². The minimum atomic E-state index is -1.12. The van der Waals surface area contributed by atoms with Gasteiger partial charge in [-0.1, -0.05) is 6.92 Å². The fraction of sp³-hybridized carbons (Fsp3) is 0.750. The molecule has 0 saturated heterocycles. The molecule has 1 radical (unpaired) electrons. The monoisotopic (exact) mass is 121 g/mol. The highest BCUT2D eigenvalue weighted by Gasteiger charge is 1.84. The molecule has 0 aliphatic carbocycles. The van der Waals surface area contributed by atoms with E-state index in [0.29, 0.717) is 0 Å². The second-order valence-corrected chi connectivity index (χ2v) is 2.07. The fourth-order valence-corrected chi connectivity index (χ4v) is 0.492. The van der Waals surface area contributed by atoms with Gasteiger partial charge in [0.05, 0.1) is 0 Å². The Morgan fingerprint density at radius 3 is 2.57 bits per heavy atom. The lowest BCUT2D eigenvalue weighted by Gasteiger charge is -1.90. The van der Waals surface area contributed by atoms with E-state index < -0.39 is 11.1 Å². The molecule has 0 amide bonds. The van der Waals surface area contributed by atoms with Crippen molar-refractivity contribution in [1.29, 1.82) is 0 Å². The molecule has 0 N–H and O–H groups in total. The molecule has 0 fully saturated rings. The van der Waals surface area contributed by atoms with Crippen molar-refractivity contribution >= 4 is 11.1 Å². The van der Waals surface area contributed by atoms with E-state index in [1.54, 1.807) is 0 Å². The largest absolute Gasteiger partial charge is 0.285 e. The Morgan fingerprint density at radius 2 is 2.43 bits per heavy atom. The van der Waals surface area contributed by atoms with Gasteiger partial charge in [0, 0.05) is 6.26 Å². The summed E-state index contributed by atoms with van der Waals surface area (Å²) in [6.07, 6.45) is 2.30. The van der Waals surface area contributed by atoms with Gasteiger partial charge in [0.1, 0.15) is 6.61 Å². The van der Waals surface area contributed by atoms with E-state index in [2.05, 4.69) is 4.18 Å². The van der Waals surface area contributed by atoms with E-state index >= 15 is 0 Å². The lowest BCUT2D eigenvalue weighted by Crippen LogP contribution is -1.88. The predicted octanol–water partition coefficient (Wildman–Crippen LogP) is 0.868. The van der Waals surface area contributed by atoms with Crippen LogP contribution in [-0.4, -0.2) is 10.5 Å². The second kappa shape index (κ2) is 4.27. The molecule has 2 nitrogen and oxygen atoms in total. The third-order valence-corrected chi connectivity index (χ3v) is 0.777. The van der Waals surface area contributed by atoms with Crippen molar-refractivity contribution < 1.29 is 8.39 Å². The minimum Gasteiger partial charge on any atom is -0.285 e. The van der Waals surface area contributed by atoms with Crippen molar-refractivity contribution in [1.82, 2.24) is 0 Å². The Bertz CT molecular complexity index is 62.7. The zero-order valence-corrected chi connectivity index (χ0v) is 5.33. The maximum absolute atomic E-state index is 10.1. The zero-order valence-electron chi connectivity index (χ0n) is 4.51. The van der Waals surface area contributed by atoms with Crippen molar-refractivity contribution in [2.24, 2.45) is 0 Å². The van der Waals surface area contributed by atoms with Crippen LogP contribution in [0.15, 0.2) is 0 Å². The van der Waals surface area contributed by atoms with Gasteiger partial charge < -0.3 is 0 Å². The van der Waals surface area contributed by atoms with E-state index in [9.17, 15) is 4.21 Å². The summed E-state index contributed by atoms with van der Waals surface area (Å²) in [6, 6.07) is 0. The number of hydrogen-bond acceptors (Lipinski definition) is 2. The van der Waals surface area contributed by atoms with E-state index in [1.165, 1.54) is 12.9 Å². The molecule has 0 bridgehead atoms. The average molecular weight is 121 g/mol. The predicted molar refractivity (Wildman–Crippen MR) is 29.7 cm³/mol. The van der Waals surface area contributed by atoms with Gasteiger partial charge in [0.25, 0.3) is 0 Å². The van der Waals surface area contributed by atoms with E-state index in [0.717, 1.165) is 6.42 Å². The normalized spacial score (nSPS) is 14.0. The molecule has 1 atom stereocenters. The molecule has 1 unspecified atom stereocenters. The first-order chi connectivity index (χ1) is 3.27. The van der Waals surface area contributed by atoms with Gasteiger partial charge in [-0.3, -0.25) is 4.18 Å². The Hall–Kier alpha value is 0.110. The maximum atomic E-state index is 10.1. The van der Waals surface area contributed by atoms with Crippen molar-refractivity contribution in [3.8, 4) is 0 Å². The van der Waals surface area contributed by atoms with Crippen LogP contribution in [0.25, 0.3) is 0 Å². The Morgan fingerprint density at radius 1 is 1.86 bits per heavy atom. The van der Waals surface area contributed by atoms with Crippen LogP contribution in [0.4, 0.5) is 0 Å². The summed E-state index contributed by atoms with van der Waals surface area (Å²) in [7, 11) is 0. The maximum Gasteiger partial charge on any atom is 0.152 e. The molecule has 0 heterocycles. The molecule has 0 aromatic carbocycles. The topological polar surface area (TPSA) is 26.3 Å². The lowest BCUT2D eigenvalue weighted by atomic mass is 10.5. The minimum absolute atomic E-state index is 0.805. The van der Waals surface area contributed by atoms with Gasteiger partial charge >= 0.3 is 0 Å². The van der Waals surface area contributed by atoms with Crippen LogP contribution in [0.1, 0.15) is 13.3 Å². The highest BCUT2D eigenvalue weighted by atomic mass is 32.2. The summed E-state index contributed by atoms with van der Waals surface area (Å²) in [5, 5.41) is 0. The van der Waals surface area contributed by atoms with E-state index in [1.807, 2.05) is 6.92 Å². The van der Waals surface area contributed by atoms with Crippen molar-refractivity contribution in [2.45, 2.75) is 13.3 Å². The molecule has 0 aromatic heterocycles. The summed E-state index contributed by atoms with van der Waals surface area (Å²) >= 11 is -1.12. The van der Waals surface area contributed by atoms with Crippen LogP contribution < -0.4 is 0 Å². The van der Waals surface area contributed by atoms with Crippen LogP contribution in [0.5, 0.6) is 0 Å². The van der Waals surface area contributed by atoms with Gasteiger partial charge in [-0.15, -0.1) is 0 Å². The summed E-state index contributed by atoms with van der Waals surface area (Å²) in [6.45, 7) is 3.45. The molecule has 0 rings (SSSR count). The van der Waals surface area contributed by atoms with Crippen LogP contribution >= 0.6 is 0 Å². The van der Waals surface area contributed by atoms with Crippen molar-refractivity contribution in [3.63, 3.8) is 0 Å². The zero-order chi connectivity index (χ0) is 5.70. The molecule has 0 spiro atoms. The quantitative estimate of drug-likeness (QED) is 0.553. The van der Waals surface area contributed by atoms with Crippen LogP contribution in [-0.2, 0) is 15.3 Å². The summed E-state index contributed by atoms with van der Waals surface area (Å²) < 4.78 is 14.6. The van der Waals surface area contributed by atoms with Gasteiger partial charge in [-0.2, -0.15) is 0 Å². The third-order valence-electron chi connectivity index (χ3n) is 0.370. The molecular weight excluding hydrogens is 112 g/mol. The van der Waals surface area contributed by atoms with Crippen LogP contribution in [0.2, 0.25) is 0 Å². The Kier molecular flexibility index (Phi) is 4.34. The summed E-state index contributed by atoms with van der Waals surface area (Å²) in [5.41, 5.74) is 0. The van der Waals surface area contributed by atoms with Gasteiger partial charge in [0.15, 0.2) is 11.1 Å². The average Bonchev–Trinajstić information content (AvgIpc) is 1.61. The summed E-state index contributed by atoms with van der Waals surface area (Å²) in [4.78, 5) is 0. The van der Waals surface area contributed by atoms with Gasteiger partial charge in [0.2, 0.25) is 0 Å². The number of hydrogen-bond donors (Lipinski definition) is 0. The molecular formula is C4H9O2S. The molecule has 43 valence electrons. The standard InChI is InChI=1S/C4H9O2S/c1-3-4-6-7(2)5/h4H,3H2,1-2H3. The van der Waals surface area contributed by atoms with Crippen molar-refractivity contribution in [3.05, 3.63) is 6.61 Å². The van der Waals surface area contributed by atoms with Gasteiger partial charge in [-0.05, 0) is 6.42 Å². The van der Waals surface area contributed by atoms with E-state index in [4.69, 9.17) is 0 Å². The molecule has 7 heavy (non-hydrogen) atoms. The molecule has 0 saturated carbocycles. The van der Waals surface area contributed by atoms with Crippen LogP contribution in [0.3, 0.4) is 0 Å². The smallest absolute Gasteiger partial charge is 0.152 e. The number of rotatable bonds is 3. The molecule has 0 aliphatic rings. The third kappa shape index (κ3) is 6.11. The highest BCUT2D eigenvalue weighted by molar-refractivity contribution is 7.79.